The zero-order valence-electron chi connectivity index (χ0n) is 11.2. The molecule has 0 aliphatic heterocycles. The molecule has 0 saturated heterocycles. The summed E-state index contributed by atoms with van der Waals surface area (Å²) in [6.07, 6.45) is 1.56. The number of ether oxygens (including phenoxy) is 2. The highest BCUT2D eigenvalue weighted by Crippen LogP contribution is 2.29. The topological polar surface area (TPSA) is 67.8 Å². The second-order valence-corrected chi connectivity index (χ2v) is 4.74. The van der Waals surface area contributed by atoms with Crippen LogP contribution < -0.4 is 14.8 Å². The van der Waals surface area contributed by atoms with Gasteiger partial charge in [0, 0.05) is 12.6 Å². The zero-order valence-corrected chi connectivity index (χ0v) is 11.2. The number of benzene rings is 1. The van der Waals surface area contributed by atoms with Crippen LogP contribution in [0.15, 0.2) is 18.2 Å². The summed E-state index contributed by atoms with van der Waals surface area (Å²) in [5.41, 5.74) is 1.06. The van der Waals surface area contributed by atoms with Gasteiger partial charge in [-0.15, -0.1) is 0 Å². The van der Waals surface area contributed by atoms with E-state index in [0.29, 0.717) is 17.5 Å². The summed E-state index contributed by atoms with van der Waals surface area (Å²) < 4.78 is 10.6. The van der Waals surface area contributed by atoms with Gasteiger partial charge in [-0.3, -0.25) is 0 Å². The number of rotatable bonds is 7. The minimum Gasteiger partial charge on any atom is -0.493 e. The number of carbonyl (C=O) groups is 1. The quantitative estimate of drug-likeness (QED) is 0.787. The van der Waals surface area contributed by atoms with E-state index >= 15 is 0 Å². The Morgan fingerprint density at radius 3 is 2.79 bits per heavy atom. The van der Waals surface area contributed by atoms with E-state index in [0.717, 1.165) is 12.1 Å². The van der Waals surface area contributed by atoms with Crippen molar-refractivity contribution in [1.82, 2.24) is 5.32 Å². The van der Waals surface area contributed by atoms with Gasteiger partial charge in [0.25, 0.3) is 0 Å². The Bertz CT molecular complexity index is 457. The standard InChI is InChI=1S/C14H19NO4/c1-9(14(16)17)19-13-7-10(3-6-12(13)18-2)8-15-11-4-5-11/h3,6-7,9,11,15H,4-5,8H2,1-2H3,(H,16,17). The number of aliphatic carboxylic acids is 1. The van der Waals surface area contributed by atoms with Gasteiger partial charge in [-0.25, -0.2) is 4.79 Å². The van der Waals surface area contributed by atoms with Gasteiger partial charge in [0.15, 0.2) is 17.6 Å². The molecule has 1 aromatic carbocycles. The molecule has 1 atom stereocenters. The average Bonchev–Trinajstić information content (AvgIpc) is 3.20. The fourth-order valence-corrected chi connectivity index (χ4v) is 1.71. The molecular weight excluding hydrogens is 246 g/mol. The van der Waals surface area contributed by atoms with E-state index in [1.807, 2.05) is 12.1 Å². The number of nitrogens with one attached hydrogen (secondary N) is 1. The first kappa shape index (κ1) is 13.7. The molecule has 1 aromatic rings. The van der Waals surface area contributed by atoms with Crippen molar-refractivity contribution in [2.75, 3.05) is 7.11 Å². The third kappa shape index (κ3) is 3.86. The van der Waals surface area contributed by atoms with Crippen LogP contribution in [0.2, 0.25) is 0 Å². The summed E-state index contributed by atoms with van der Waals surface area (Å²) in [5.74, 6) is 0.0133. The molecule has 1 fully saturated rings. The number of hydrogen-bond acceptors (Lipinski definition) is 4. The Labute approximate surface area is 112 Å². The highest BCUT2D eigenvalue weighted by atomic mass is 16.5. The molecule has 5 nitrogen and oxygen atoms in total. The van der Waals surface area contributed by atoms with Gasteiger partial charge in [0.05, 0.1) is 7.11 Å². The molecule has 0 spiro atoms. The van der Waals surface area contributed by atoms with E-state index in [9.17, 15) is 4.79 Å². The highest BCUT2D eigenvalue weighted by molar-refractivity contribution is 5.72. The van der Waals surface area contributed by atoms with Gasteiger partial charge in [-0.05, 0) is 37.5 Å². The van der Waals surface area contributed by atoms with Crippen LogP contribution in [0.3, 0.4) is 0 Å². The maximum atomic E-state index is 10.8. The monoisotopic (exact) mass is 265 g/mol. The Morgan fingerprint density at radius 1 is 1.47 bits per heavy atom. The first-order valence-corrected chi connectivity index (χ1v) is 6.40. The molecule has 1 aliphatic carbocycles. The van der Waals surface area contributed by atoms with Crippen molar-refractivity contribution in [2.45, 2.75) is 38.5 Å². The van der Waals surface area contributed by atoms with Gasteiger partial charge < -0.3 is 19.9 Å². The Hall–Kier alpha value is -1.75. The molecule has 5 heteroatoms. The number of hydrogen-bond donors (Lipinski definition) is 2. The molecule has 2 N–H and O–H groups in total. The van der Waals surface area contributed by atoms with Crippen LogP contribution in [-0.2, 0) is 11.3 Å². The molecule has 1 unspecified atom stereocenters. The van der Waals surface area contributed by atoms with Crippen LogP contribution in [0.5, 0.6) is 11.5 Å². The van der Waals surface area contributed by atoms with Crippen LogP contribution in [0.4, 0.5) is 0 Å². The van der Waals surface area contributed by atoms with Crippen molar-refractivity contribution in [3.05, 3.63) is 23.8 Å². The van der Waals surface area contributed by atoms with Gasteiger partial charge in [0.1, 0.15) is 0 Å². The SMILES string of the molecule is COc1ccc(CNC2CC2)cc1OC(C)C(=O)O. The van der Waals surface area contributed by atoms with Crippen molar-refractivity contribution < 1.29 is 19.4 Å². The number of carboxylic acid groups (broad SMARTS) is 1. The molecule has 1 saturated carbocycles. The predicted octanol–water partition coefficient (Wildman–Crippen LogP) is 1.80. The van der Waals surface area contributed by atoms with E-state index < -0.39 is 12.1 Å². The number of carboxylic acids is 1. The lowest BCUT2D eigenvalue weighted by Gasteiger charge is -2.15. The lowest BCUT2D eigenvalue weighted by molar-refractivity contribution is -0.144. The Kier molecular flexibility index (Phi) is 4.27. The van der Waals surface area contributed by atoms with E-state index in [1.54, 1.807) is 6.07 Å². The van der Waals surface area contributed by atoms with Gasteiger partial charge in [-0.1, -0.05) is 6.07 Å². The zero-order chi connectivity index (χ0) is 13.8. The van der Waals surface area contributed by atoms with Gasteiger partial charge in [0.2, 0.25) is 0 Å². The van der Waals surface area contributed by atoms with Crippen LogP contribution in [0, 0.1) is 0 Å². The molecular formula is C14H19NO4. The molecule has 2 rings (SSSR count). The van der Waals surface area contributed by atoms with E-state index in [2.05, 4.69) is 5.32 Å². The van der Waals surface area contributed by atoms with Crippen LogP contribution in [0.1, 0.15) is 25.3 Å². The second kappa shape index (κ2) is 5.93. The van der Waals surface area contributed by atoms with Crippen molar-refractivity contribution >= 4 is 5.97 Å². The maximum Gasteiger partial charge on any atom is 0.344 e. The first-order valence-electron chi connectivity index (χ1n) is 6.40. The van der Waals surface area contributed by atoms with Crippen molar-refractivity contribution in [1.29, 1.82) is 0 Å². The third-order valence-corrected chi connectivity index (χ3v) is 3.05. The van der Waals surface area contributed by atoms with Crippen molar-refractivity contribution in [2.24, 2.45) is 0 Å². The summed E-state index contributed by atoms with van der Waals surface area (Å²) >= 11 is 0. The first-order chi connectivity index (χ1) is 9.10. The summed E-state index contributed by atoms with van der Waals surface area (Å²) in [6.45, 7) is 2.25. The normalized spacial score (nSPS) is 15.9. The van der Waals surface area contributed by atoms with Gasteiger partial charge >= 0.3 is 5.97 Å². The van der Waals surface area contributed by atoms with E-state index in [4.69, 9.17) is 14.6 Å². The molecule has 0 radical (unpaired) electrons. The van der Waals surface area contributed by atoms with Crippen molar-refractivity contribution in [3.8, 4) is 11.5 Å². The molecule has 104 valence electrons. The Balaban J connectivity index is 2.07. The number of methoxy groups -OCH3 is 1. The largest absolute Gasteiger partial charge is 0.493 e. The molecule has 0 amide bonds. The fraction of sp³-hybridized carbons (Fsp3) is 0.500. The van der Waals surface area contributed by atoms with Crippen LogP contribution >= 0.6 is 0 Å². The highest BCUT2D eigenvalue weighted by Gasteiger charge is 2.20. The average molecular weight is 265 g/mol. The smallest absolute Gasteiger partial charge is 0.344 e. The lowest BCUT2D eigenvalue weighted by Crippen LogP contribution is -2.23. The molecule has 0 bridgehead atoms. The molecule has 0 aromatic heterocycles. The van der Waals surface area contributed by atoms with Crippen molar-refractivity contribution in [3.63, 3.8) is 0 Å². The summed E-state index contributed by atoms with van der Waals surface area (Å²) in [7, 11) is 1.54. The summed E-state index contributed by atoms with van der Waals surface area (Å²) in [4.78, 5) is 10.8. The third-order valence-electron chi connectivity index (χ3n) is 3.05. The predicted molar refractivity (Wildman–Crippen MR) is 70.6 cm³/mol. The van der Waals surface area contributed by atoms with Crippen LogP contribution in [0.25, 0.3) is 0 Å². The molecule has 19 heavy (non-hydrogen) atoms. The van der Waals surface area contributed by atoms with Gasteiger partial charge in [-0.2, -0.15) is 0 Å². The lowest BCUT2D eigenvalue weighted by atomic mass is 10.2. The summed E-state index contributed by atoms with van der Waals surface area (Å²) in [6, 6.07) is 6.21. The second-order valence-electron chi connectivity index (χ2n) is 4.74. The van der Waals surface area contributed by atoms with Crippen LogP contribution in [-0.4, -0.2) is 30.3 Å². The summed E-state index contributed by atoms with van der Waals surface area (Å²) in [5, 5.41) is 12.3. The minimum atomic E-state index is -0.997. The fourth-order valence-electron chi connectivity index (χ4n) is 1.71. The van der Waals surface area contributed by atoms with E-state index in [1.165, 1.54) is 26.9 Å². The Morgan fingerprint density at radius 2 is 2.21 bits per heavy atom. The molecule has 0 heterocycles. The van der Waals surface area contributed by atoms with E-state index in [-0.39, 0.29) is 0 Å². The minimum absolute atomic E-state index is 0.465. The maximum absolute atomic E-state index is 10.8. The molecule has 1 aliphatic rings.